The van der Waals surface area contributed by atoms with Crippen LogP contribution >= 0.6 is 0 Å². The largest absolute Gasteiger partial charge is 0.497 e. The van der Waals surface area contributed by atoms with E-state index in [2.05, 4.69) is 0 Å². The zero-order chi connectivity index (χ0) is 11.1. The van der Waals surface area contributed by atoms with Gasteiger partial charge in [0.2, 0.25) is 0 Å². The van der Waals surface area contributed by atoms with Crippen LogP contribution in [-0.4, -0.2) is 20.3 Å². The highest BCUT2D eigenvalue weighted by Crippen LogP contribution is 2.19. The number of benzene rings is 1. The molecule has 0 saturated carbocycles. The summed E-state index contributed by atoms with van der Waals surface area (Å²) in [6.45, 7) is 3.43. The Balaban J connectivity index is 2.52. The lowest BCUT2D eigenvalue weighted by Gasteiger charge is -2.12. The van der Waals surface area contributed by atoms with Gasteiger partial charge in [0.15, 0.2) is 0 Å². The third-order valence-electron chi connectivity index (χ3n) is 2.30. The molecule has 0 aliphatic carbocycles. The fourth-order valence-electron chi connectivity index (χ4n) is 1.39. The van der Waals surface area contributed by atoms with Crippen LogP contribution in [0.5, 0.6) is 5.75 Å². The maximum Gasteiger partial charge on any atom is 0.119 e. The van der Waals surface area contributed by atoms with E-state index in [9.17, 15) is 0 Å². The van der Waals surface area contributed by atoms with E-state index in [1.165, 1.54) is 0 Å². The predicted octanol–water partition coefficient (Wildman–Crippen LogP) is 2.12. The van der Waals surface area contributed by atoms with Crippen molar-refractivity contribution < 1.29 is 9.47 Å². The van der Waals surface area contributed by atoms with Crippen molar-refractivity contribution in [3.05, 3.63) is 29.8 Å². The lowest BCUT2D eigenvalue weighted by molar-refractivity contribution is 0.140. The van der Waals surface area contributed by atoms with E-state index < -0.39 is 0 Å². The molecule has 0 aliphatic heterocycles. The maximum absolute atomic E-state index is 6.02. The number of hydrogen-bond acceptors (Lipinski definition) is 3. The van der Waals surface area contributed by atoms with Crippen molar-refractivity contribution in [1.82, 2.24) is 0 Å². The van der Waals surface area contributed by atoms with Gasteiger partial charge in [-0.05, 0) is 31.0 Å². The lowest BCUT2D eigenvalue weighted by atomic mass is 10.1. The summed E-state index contributed by atoms with van der Waals surface area (Å²) in [5.41, 5.74) is 7.12. The summed E-state index contributed by atoms with van der Waals surface area (Å²) in [7, 11) is 1.66. The Bertz CT molecular complexity index is 289. The van der Waals surface area contributed by atoms with Crippen LogP contribution in [0.3, 0.4) is 0 Å². The third kappa shape index (κ3) is 3.90. The first-order valence-electron chi connectivity index (χ1n) is 5.25. The minimum absolute atomic E-state index is 0.0200. The van der Waals surface area contributed by atoms with Crippen molar-refractivity contribution >= 4 is 0 Å². The monoisotopic (exact) mass is 209 g/mol. The van der Waals surface area contributed by atoms with Gasteiger partial charge in [-0.1, -0.05) is 12.1 Å². The first kappa shape index (κ1) is 12.0. The van der Waals surface area contributed by atoms with E-state index >= 15 is 0 Å². The molecule has 3 nitrogen and oxygen atoms in total. The standard InChI is InChI=1S/C12H19NO2/c1-3-15-8-7-12(13)10-5-4-6-11(9-10)14-2/h4-6,9,12H,3,7-8,13H2,1-2H3. The average Bonchev–Trinajstić information content (AvgIpc) is 2.29. The molecule has 0 heterocycles. The molecule has 1 aromatic rings. The highest BCUT2D eigenvalue weighted by atomic mass is 16.5. The Hall–Kier alpha value is -1.06. The summed E-state index contributed by atoms with van der Waals surface area (Å²) < 4.78 is 10.4. The molecule has 0 fully saturated rings. The molecular weight excluding hydrogens is 190 g/mol. The molecule has 0 spiro atoms. The van der Waals surface area contributed by atoms with E-state index in [1.807, 2.05) is 31.2 Å². The van der Waals surface area contributed by atoms with Gasteiger partial charge in [0.25, 0.3) is 0 Å². The molecule has 1 rings (SSSR count). The normalized spacial score (nSPS) is 12.5. The van der Waals surface area contributed by atoms with Crippen molar-refractivity contribution in [1.29, 1.82) is 0 Å². The van der Waals surface area contributed by atoms with Crippen LogP contribution in [0, 0.1) is 0 Å². The smallest absolute Gasteiger partial charge is 0.119 e. The van der Waals surface area contributed by atoms with Crippen LogP contribution in [0.1, 0.15) is 24.9 Å². The molecule has 1 aromatic carbocycles. The summed E-state index contributed by atoms with van der Waals surface area (Å²) in [5, 5.41) is 0. The molecule has 3 heteroatoms. The molecule has 0 radical (unpaired) electrons. The molecule has 2 N–H and O–H groups in total. The molecular formula is C12H19NO2. The SMILES string of the molecule is CCOCCC(N)c1cccc(OC)c1. The molecule has 0 aliphatic rings. The Labute approximate surface area is 91.2 Å². The Kier molecular flexibility index (Phi) is 5.15. The molecule has 1 unspecified atom stereocenters. The van der Waals surface area contributed by atoms with Gasteiger partial charge in [-0.3, -0.25) is 0 Å². The summed E-state index contributed by atoms with van der Waals surface area (Å²) >= 11 is 0. The van der Waals surface area contributed by atoms with Crippen LogP contribution in [0.2, 0.25) is 0 Å². The number of ether oxygens (including phenoxy) is 2. The molecule has 0 bridgehead atoms. The minimum atomic E-state index is 0.0200. The fraction of sp³-hybridized carbons (Fsp3) is 0.500. The number of hydrogen-bond donors (Lipinski definition) is 1. The lowest BCUT2D eigenvalue weighted by Crippen LogP contribution is -2.13. The molecule has 0 aromatic heterocycles. The zero-order valence-electron chi connectivity index (χ0n) is 9.40. The molecule has 84 valence electrons. The van der Waals surface area contributed by atoms with Gasteiger partial charge in [0.1, 0.15) is 5.75 Å². The van der Waals surface area contributed by atoms with Crippen molar-refractivity contribution in [3.63, 3.8) is 0 Å². The molecule has 15 heavy (non-hydrogen) atoms. The van der Waals surface area contributed by atoms with Gasteiger partial charge < -0.3 is 15.2 Å². The van der Waals surface area contributed by atoms with Crippen LogP contribution in [0.15, 0.2) is 24.3 Å². The zero-order valence-corrected chi connectivity index (χ0v) is 9.40. The summed E-state index contributed by atoms with van der Waals surface area (Å²) in [6, 6.07) is 7.87. The first-order chi connectivity index (χ1) is 7.27. The summed E-state index contributed by atoms with van der Waals surface area (Å²) in [6.07, 6.45) is 0.834. The molecule has 0 saturated heterocycles. The van der Waals surface area contributed by atoms with E-state index in [4.69, 9.17) is 15.2 Å². The van der Waals surface area contributed by atoms with Crippen LogP contribution in [0.25, 0.3) is 0 Å². The van der Waals surface area contributed by atoms with E-state index in [0.29, 0.717) is 6.61 Å². The van der Waals surface area contributed by atoms with Crippen molar-refractivity contribution in [2.75, 3.05) is 20.3 Å². The number of nitrogens with two attached hydrogens (primary N) is 1. The minimum Gasteiger partial charge on any atom is -0.497 e. The van der Waals surface area contributed by atoms with Gasteiger partial charge >= 0.3 is 0 Å². The topological polar surface area (TPSA) is 44.5 Å². The maximum atomic E-state index is 6.02. The van der Waals surface area contributed by atoms with Crippen LogP contribution in [0.4, 0.5) is 0 Å². The van der Waals surface area contributed by atoms with Gasteiger partial charge in [-0.2, -0.15) is 0 Å². The summed E-state index contributed by atoms with van der Waals surface area (Å²) in [4.78, 5) is 0. The Morgan fingerprint density at radius 3 is 2.87 bits per heavy atom. The fourth-order valence-corrected chi connectivity index (χ4v) is 1.39. The van der Waals surface area contributed by atoms with E-state index in [1.54, 1.807) is 7.11 Å². The number of rotatable bonds is 6. The second-order valence-corrected chi connectivity index (χ2v) is 3.37. The van der Waals surface area contributed by atoms with Gasteiger partial charge in [0, 0.05) is 19.3 Å². The third-order valence-corrected chi connectivity index (χ3v) is 2.30. The van der Waals surface area contributed by atoms with Crippen molar-refractivity contribution in [2.24, 2.45) is 5.73 Å². The van der Waals surface area contributed by atoms with E-state index in [0.717, 1.165) is 24.3 Å². The highest BCUT2D eigenvalue weighted by molar-refractivity contribution is 5.30. The second-order valence-electron chi connectivity index (χ2n) is 3.37. The van der Waals surface area contributed by atoms with Gasteiger partial charge in [-0.25, -0.2) is 0 Å². The van der Waals surface area contributed by atoms with Crippen LogP contribution in [-0.2, 0) is 4.74 Å². The van der Waals surface area contributed by atoms with Crippen LogP contribution < -0.4 is 10.5 Å². The average molecular weight is 209 g/mol. The molecule has 1 atom stereocenters. The van der Waals surface area contributed by atoms with Crippen molar-refractivity contribution in [2.45, 2.75) is 19.4 Å². The van der Waals surface area contributed by atoms with Gasteiger partial charge in [0.05, 0.1) is 7.11 Å². The Morgan fingerprint density at radius 1 is 1.40 bits per heavy atom. The first-order valence-corrected chi connectivity index (χ1v) is 5.25. The molecule has 0 amide bonds. The summed E-state index contributed by atoms with van der Waals surface area (Å²) in [5.74, 6) is 0.847. The second kappa shape index (κ2) is 6.43. The van der Waals surface area contributed by atoms with Gasteiger partial charge in [-0.15, -0.1) is 0 Å². The predicted molar refractivity (Wildman–Crippen MR) is 61.0 cm³/mol. The van der Waals surface area contributed by atoms with E-state index in [-0.39, 0.29) is 6.04 Å². The number of methoxy groups -OCH3 is 1. The Morgan fingerprint density at radius 2 is 2.20 bits per heavy atom. The van der Waals surface area contributed by atoms with Crippen molar-refractivity contribution in [3.8, 4) is 5.75 Å². The quantitative estimate of drug-likeness (QED) is 0.730. The highest BCUT2D eigenvalue weighted by Gasteiger charge is 2.06.